The van der Waals surface area contributed by atoms with Crippen LogP contribution in [0, 0.1) is 0 Å². The molecular weight excluding hydrogens is 370 g/mol. The molecule has 0 amide bonds. The second kappa shape index (κ2) is 6.69. The first-order chi connectivity index (χ1) is 11.5. The van der Waals surface area contributed by atoms with E-state index in [0.717, 1.165) is 33.0 Å². The Morgan fingerprint density at radius 1 is 1.25 bits per heavy atom. The molecule has 2 aromatic carbocycles. The number of carboxylic acids is 1. The highest BCUT2D eigenvalue weighted by Gasteiger charge is 2.26. The predicted octanol–water partition coefficient (Wildman–Crippen LogP) is 4.65. The zero-order valence-electron chi connectivity index (χ0n) is 13.5. The Bertz CT molecular complexity index is 884. The van der Waals surface area contributed by atoms with E-state index in [9.17, 15) is 9.90 Å². The lowest BCUT2D eigenvalue weighted by atomic mass is 9.91. The van der Waals surface area contributed by atoms with Crippen LogP contribution >= 0.6 is 15.9 Å². The van der Waals surface area contributed by atoms with Gasteiger partial charge in [0.2, 0.25) is 0 Å². The minimum atomic E-state index is -0.863. The monoisotopic (exact) mass is 387 g/mol. The molecular formula is C19H18BrNO3. The molecule has 0 bridgehead atoms. The number of benzene rings is 2. The van der Waals surface area contributed by atoms with Crippen LogP contribution in [0.15, 0.2) is 53.1 Å². The van der Waals surface area contributed by atoms with Crippen molar-refractivity contribution in [1.82, 2.24) is 4.57 Å². The molecule has 0 aliphatic heterocycles. The fourth-order valence-electron chi connectivity index (χ4n) is 3.04. The highest BCUT2D eigenvalue weighted by atomic mass is 79.9. The van der Waals surface area contributed by atoms with Crippen LogP contribution in [0.4, 0.5) is 0 Å². The maximum Gasteiger partial charge on any atom is 0.315 e. The van der Waals surface area contributed by atoms with Crippen LogP contribution < -0.4 is 4.74 Å². The van der Waals surface area contributed by atoms with Gasteiger partial charge < -0.3 is 14.4 Å². The molecule has 0 fully saturated rings. The lowest BCUT2D eigenvalue weighted by molar-refractivity contribution is -0.137. The van der Waals surface area contributed by atoms with Crippen LogP contribution in [-0.2, 0) is 11.3 Å². The van der Waals surface area contributed by atoms with Crippen molar-refractivity contribution in [3.05, 3.63) is 64.3 Å². The molecule has 0 saturated carbocycles. The molecule has 0 saturated heterocycles. The number of fused-ring (bicyclic) bond motifs is 1. The summed E-state index contributed by atoms with van der Waals surface area (Å²) in [6, 6.07) is 13.1. The Kier molecular flexibility index (Phi) is 4.62. The predicted molar refractivity (Wildman–Crippen MR) is 97.8 cm³/mol. The number of rotatable bonds is 5. The second-order valence-electron chi connectivity index (χ2n) is 5.58. The van der Waals surface area contributed by atoms with Gasteiger partial charge in [-0.3, -0.25) is 4.79 Å². The summed E-state index contributed by atoms with van der Waals surface area (Å²) < 4.78 is 8.22. The van der Waals surface area contributed by atoms with Crippen molar-refractivity contribution in [1.29, 1.82) is 0 Å². The van der Waals surface area contributed by atoms with Crippen LogP contribution in [0.5, 0.6) is 5.75 Å². The number of nitrogens with zero attached hydrogens (tertiary/aromatic N) is 1. The molecule has 5 heteroatoms. The molecule has 1 N–H and O–H groups in total. The fraction of sp³-hybridized carbons (Fsp3) is 0.211. The highest BCUT2D eigenvalue weighted by molar-refractivity contribution is 9.10. The summed E-state index contributed by atoms with van der Waals surface area (Å²) in [6.07, 6.45) is 1.94. The third-order valence-corrected chi connectivity index (χ3v) is 4.72. The Labute approximate surface area is 148 Å². The standard InChI is InChI=1S/C19H18BrNO3/c1-3-21-11-16(15-9-6-13(20)10-17(15)21)18(19(22)23)12-4-7-14(24-2)8-5-12/h4-11,18H,3H2,1-2H3,(H,22,23). The van der Waals surface area contributed by atoms with E-state index < -0.39 is 11.9 Å². The first-order valence-electron chi connectivity index (χ1n) is 7.70. The van der Waals surface area contributed by atoms with Crippen molar-refractivity contribution >= 4 is 32.8 Å². The first kappa shape index (κ1) is 16.6. The van der Waals surface area contributed by atoms with E-state index >= 15 is 0 Å². The Balaban J connectivity index is 2.18. The number of aliphatic carboxylic acids is 1. The van der Waals surface area contributed by atoms with E-state index in [4.69, 9.17) is 4.74 Å². The van der Waals surface area contributed by atoms with Crippen molar-refractivity contribution in [2.45, 2.75) is 19.4 Å². The summed E-state index contributed by atoms with van der Waals surface area (Å²) >= 11 is 3.49. The fourth-order valence-corrected chi connectivity index (χ4v) is 3.39. The van der Waals surface area contributed by atoms with E-state index in [1.165, 1.54) is 0 Å². The van der Waals surface area contributed by atoms with Gasteiger partial charge in [0.25, 0.3) is 0 Å². The molecule has 4 nitrogen and oxygen atoms in total. The van der Waals surface area contributed by atoms with Gasteiger partial charge in [-0.25, -0.2) is 0 Å². The molecule has 0 radical (unpaired) electrons. The number of aromatic nitrogens is 1. The summed E-state index contributed by atoms with van der Waals surface area (Å²) in [4.78, 5) is 12.0. The number of hydrogen-bond acceptors (Lipinski definition) is 2. The number of aryl methyl sites for hydroxylation is 1. The smallest absolute Gasteiger partial charge is 0.315 e. The lowest BCUT2D eigenvalue weighted by Crippen LogP contribution is -2.12. The Morgan fingerprint density at radius 3 is 2.54 bits per heavy atom. The molecule has 3 aromatic rings. The Hall–Kier alpha value is -2.27. The van der Waals surface area contributed by atoms with Crippen LogP contribution in [0.3, 0.4) is 0 Å². The van der Waals surface area contributed by atoms with E-state index in [0.29, 0.717) is 5.75 Å². The average Bonchev–Trinajstić information content (AvgIpc) is 2.93. The summed E-state index contributed by atoms with van der Waals surface area (Å²) in [5, 5.41) is 10.8. The zero-order chi connectivity index (χ0) is 17.3. The molecule has 1 atom stereocenters. The van der Waals surface area contributed by atoms with Crippen LogP contribution in [0.25, 0.3) is 10.9 Å². The molecule has 3 rings (SSSR count). The number of methoxy groups -OCH3 is 1. The third-order valence-electron chi connectivity index (χ3n) is 4.22. The molecule has 0 aliphatic rings. The first-order valence-corrected chi connectivity index (χ1v) is 8.49. The second-order valence-corrected chi connectivity index (χ2v) is 6.49. The van der Waals surface area contributed by atoms with Crippen molar-refractivity contribution in [3.8, 4) is 5.75 Å². The SMILES string of the molecule is CCn1cc(C(C(=O)O)c2ccc(OC)cc2)c2ccc(Br)cc21. The maximum atomic E-state index is 12.0. The van der Waals surface area contributed by atoms with E-state index in [2.05, 4.69) is 20.5 Å². The lowest BCUT2D eigenvalue weighted by Gasteiger charge is -2.13. The minimum Gasteiger partial charge on any atom is -0.497 e. The van der Waals surface area contributed by atoms with E-state index in [1.54, 1.807) is 19.2 Å². The number of carboxylic acid groups (broad SMARTS) is 1. The number of ether oxygens (including phenoxy) is 1. The van der Waals surface area contributed by atoms with Crippen molar-refractivity contribution in [3.63, 3.8) is 0 Å². The number of carbonyl (C=O) groups is 1. The summed E-state index contributed by atoms with van der Waals surface area (Å²) in [5.74, 6) is -0.867. The average molecular weight is 388 g/mol. The molecule has 0 spiro atoms. The van der Waals surface area contributed by atoms with Crippen molar-refractivity contribution < 1.29 is 14.6 Å². The maximum absolute atomic E-state index is 12.0. The molecule has 24 heavy (non-hydrogen) atoms. The van der Waals surface area contributed by atoms with E-state index in [1.807, 2.05) is 43.5 Å². The molecule has 1 unspecified atom stereocenters. The summed E-state index contributed by atoms with van der Waals surface area (Å²) in [6.45, 7) is 2.83. The van der Waals surface area contributed by atoms with Gasteiger partial charge in [-0.15, -0.1) is 0 Å². The largest absolute Gasteiger partial charge is 0.497 e. The van der Waals surface area contributed by atoms with Gasteiger partial charge >= 0.3 is 5.97 Å². The van der Waals surface area contributed by atoms with Gasteiger partial charge in [0.05, 0.1) is 7.11 Å². The normalized spacial score (nSPS) is 12.3. The molecule has 124 valence electrons. The van der Waals surface area contributed by atoms with Crippen LogP contribution in [-0.4, -0.2) is 22.8 Å². The topological polar surface area (TPSA) is 51.5 Å². The third kappa shape index (κ3) is 2.91. The quantitative estimate of drug-likeness (QED) is 0.692. The Morgan fingerprint density at radius 2 is 1.96 bits per heavy atom. The van der Waals surface area contributed by atoms with Gasteiger partial charge in [-0.2, -0.15) is 0 Å². The minimum absolute atomic E-state index is 0.711. The molecule has 0 aliphatic carbocycles. The summed E-state index contributed by atoms with van der Waals surface area (Å²) in [5.41, 5.74) is 2.57. The van der Waals surface area contributed by atoms with Gasteiger partial charge in [0.15, 0.2) is 0 Å². The van der Waals surface area contributed by atoms with Crippen LogP contribution in [0.2, 0.25) is 0 Å². The van der Waals surface area contributed by atoms with Crippen molar-refractivity contribution in [2.75, 3.05) is 7.11 Å². The van der Waals surface area contributed by atoms with Gasteiger partial charge in [0, 0.05) is 28.1 Å². The van der Waals surface area contributed by atoms with Crippen molar-refractivity contribution in [2.24, 2.45) is 0 Å². The number of hydrogen-bond donors (Lipinski definition) is 1. The summed E-state index contributed by atoms with van der Waals surface area (Å²) in [7, 11) is 1.59. The molecule has 1 aromatic heterocycles. The zero-order valence-corrected chi connectivity index (χ0v) is 15.1. The highest BCUT2D eigenvalue weighted by Crippen LogP contribution is 2.34. The van der Waals surface area contributed by atoms with Gasteiger partial charge in [-0.05, 0) is 42.3 Å². The number of halogens is 1. The van der Waals surface area contributed by atoms with Gasteiger partial charge in [0.1, 0.15) is 11.7 Å². The van der Waals surface area contributed by atoms with Crippen LogP contribution in [0.1, 0.15) is 24.0 Å². The molecule has 1 heterocycles. The van der Waals surface area contributed by atoms with E-state index in [-0.39, 0.29) is 0 Å². The van der Waals surface area contributed by atoms with Gasteiger partial charge in [-0.1, -0.05) is 34.1 Å².